The van der Waals surface area contributed by atoms with Crippen molar-refractivity contribution in [2.45, 2.75) is 45.3 Å². The van der Waals surface area contributed by atoms with Crippen molar-refractivity contribution < 1.29 is 9.53 Å². The number of rotatable bonds is 6. The van der Waals surface area contributed by atoms with E-state index in [9.17, 15) is 4.79 Å². The molecule has 0 N–H and O–H groups in total. The van der Waals surface area contributed by atoms with Gasteiger partial charge in [0.1, 0.15) is 0 Å². The minimum absolute atomic E-state index is 0.0570. The van der Waals surface area contributed by atoms with E-state index in [1.807, 2.05) is 29.2 Å². The van der Waals surface area contributed by atoms with E-state index in [1.54, 1.807) is 6.20 Å². The van der Waals surface area contributed by atoms with Gasteiger partial charge in [0.15, 0.2) is 0 Å². The van der Waals surface area contributed by atoms with Gasteiger partial charge in [-0.1, -0.05) is 12.1 Å². The van der Waals surface area contributed by atoms with E-state index in [0.29, 0.717) is 13.1 Å². The molecule has 1 aromatic carbocycles. The summed E-state index contributed by atoms with van der Waals surface area (Å²) in [6.45, 7) is 6.19. The maximum atomic E-state index is 13.4. The molecule has 0 unspecified atom stereocenters. The number of carbonyl (C=O) groups excluding carboxylic acids is 1. The lowest BCUT2D eigenvalue weighted by atomic mass is 10.1. The van der Waals surface area contributed by atoms with E-state index in [1.165, 1.54) is 24.1 Å². The maximum Gasteiger partial charge on any atom is 0.254 e. The second-order valence-corrected chi connectivity index (χ2v) is 7.84. The van der Waals surface area contributed by atoms with Gasteiger partial charge in [0.05, 0.1) is 18.3 Å². The van der Waals surface area contributed by atoms with Crippen LogP contribution in [0.2, 0.25) is 0 Å². The van der Waals surface area contributed by atoms with Crippen LogP contribution in [0.15, 0.2) is 42.6 Å². The van der Waals surface area contributed by atoms with Crippen LogP contribution in [0.25, 0.3) is 0 Å². The first-order valence-corrected chi connectivity index (χ1v) is 10.4. The fourth-order valence-corrected chi connectivity index (χ4v) is 4.16. The van der Waals surface area contributed by atoms with Gasteiger partial charge in [0.25, 0.3) is 5.91 Å². The summed E-state index contributed by atoms with van der Waals surface area (Å²) in [4.78, 5) is 22.2. The normalized spacial score (nSPS) is 19.2. The molecule has 0 saturated carbocycles. The first-order chi connectivity index (χ1) is 13.7. The zero-order valence-electron chi connectivity index (χ0n) is 16.6. The van der Waals surface area contributed by atoms with Gasteiger partial charge in [-0.3, -0.25) is 9.78 Å². The molecule has 1 amide bonds. The van der Waals surface area contributed by atoms with Crippen LogP contribution in [0.4, 0.5) is 5.69 Å². The molecule has 2 aromatic rings. The lowest BCUT2D eigenvalue weighted by Crippen LogP contribution is -2.37. The quantitative estimate of drug-likeness (QED) is 0.766. The summed E-state index contributed by atoms with van der Waals surface area (Å²) in [5, 5.41) is 0. The standard InChI is InChI=1S/C23H29N3O2/c1-18-9-10-19(15-22(18)25-12-4-5-13-25)23(27)26(17-21-8-6-14-28-21)16-20-7-2-3-11-24-20/h2-3,7,9-11,15,21H,4-6,8,12-14,16-17H2,1H3/t21-/m1/s1. The summed E-state index contributed by atoms with van der Waals surface area (Å²) >= 11 is 0. The van der Waals surface area contributed by atoms with Gasteiger partial charge in [0, 0.05) is 43.7 Å². The van der Waals surface area contributed by atoms with Crippen LogP contribution in [0, 0.1) is 6.92 Å². The molecule has 1 atom stereocenters. The lowest BCUT2D eigenvalue weighted by Gasteiger charge is -2.26. The summed E-state index contributed by atoms with van der Waals surface area (Å²) in [5.41, 5.74) is 4.08. The first kappa shape index (κ1) is 18.9. The molecule has 2 aliphatic heterocycles. The van der Waals surface area contributed by atoms with Crippen LogP contribution < -0.4 is 4.90 Å². The van der Waals surface area contributed by atoms with Crippen molar-refractivity contribution in [3.8, 4) is 0 Å². The van der Waals surface area contributed by atoms with E-state index in [0.717, 1.165) is 43.8 Å². The van der Waals surface area contributed by atoms with E-state index in [4.69, 9.17) is 4.74 Å². The highest BCUT2D eigenvalue weighted by Crippen LogP contribution is 2.26. The molecule has 2 aliphatic rings. The Morgan fingerprint density at radius 2 is 2.07 bits per heavy atom. The Kier molecular flexibility index (Phi) is 5.91. The SMILES string of the molecule is Cc1ccc(C(=O)N(Cc2ccccn2)C[C@H]2CCCO2)cc1N1CCCC1. The summed E-state index contributed by atoms with van der Waals surface area (Å²) in [6.07, 6.45) is 6.43. The first-order valence-electron chi connectivity index (χ1n) is 10.4. The Hall–Kier alpha value is -2.40. The number of pyridine rings is 1. The smallest absolute Gasteiger partial charge is 0.254 e. The predicted octanol–water partition coefficient (Wildman–Crippen LogP) is 3.81. The molecule has 0 radical (unpaired) electrons. The summed E-state index contributed by atoms with van der Waals surface area (Å²) < 4.78 is 5.81. The van der Waals surface area contributed by atoms with E-state index < -0.39 is 0 Å². The number of hydrogen-bond donors (Lipinski definition) is 0. The Morgan fingerprint density at radius 1 is 1.21 bits per heavy atom. The molecule has 0 bridgehead atoms. The summed E-state index contributed by atoms with van der Waals surface area (Å²) in [7, 11) is 0. The molecular formula is C23H29N3O2. The Morgan fingerprint density at radius 3 is 2.79 bits per heavy atom. The van der Waals surface area contributed by atoms with Crippen molar-refractivity contribution in [1.29, 1.82) is 0 Å². The van der Waals surface area contributed by atoms with E-state index in [-0.39, 0.29) is 12.0 Å². The molecule has 1 aromatic heterocycles. The molecule has 2 fully saturated rings. The van der Waals surface area contributed by atoms with Gasteiger partial charge in [0.2, 0.25) is 0 Å². The molecule has 28 heavy (non-hydrogen) atoms. The topological polar surface area (TPSA) is 45.7 Å². The third-order valence-electron chi connectivity index (χ3n) is 5.72. The number of aryl methyl sites for hydroxylation is 1. The highest BCUT2D eigenvalue weighted by molar-refractivity contribution is 5.95. The van der Waals surface area contributed by atoms with Crippen molar-refractivity contribution in [3.05, 3.63) is 59.4 Å². The van der Waals surface area contributed by atoms with Crippen LogP contribution in [-0.4, -0.2) is 48.1 Å². The largest absolute Gasteiger partial charge is 0.376 e. The lowest BCUT2D eigenvalue weighted by molar-refractivity contribution is 0.0504. The Labute approximate surface area is 167 Å². The monoisotopic (exact) mass is 379 g/mol. The summed E-state index contributed by atoms with van der Waals surface area (Å²) in [5.74, 6) is 0.0570. The van der Waals surface area contributed by atoms with Crippen molar-refractivity contribution in [1.82, 2.24) is 9.88 Å². The van der Waals surface area contributed by atoms with Crippen LogP contribution in [0.5, 0.6) is 0 Å². The number of anilines is 1. The van der Waals surface area contributed by atoms with Gasteiger partial charge in [-0.15, -0.1) is 0 Å². The second-order valence-electron chi connectivity index (χ2n) is 7.84. The number of amides is 1. The molecular weight excluding hydrogens is 350 g/mol. The highest BCUT2D eigenvalue weighted by Gasteiger charge is 2.25. The van der Waals surface area contributed by atoms with Gasteiger partial charge in [-0.05, 0) is 62.4 Å². The van der Waals surface area contributed by atoms with Crippen molar-refractivity contribution >= 4 is 11.6 Å². The van der Waals surface area contributed by atoms with Crippen LogP contribution in [-0.2, 0) is 11.3 Å². The fraction of sp³-hybridized carbons (Fsp3) is 0.478. The molecule has 0 aliphatic carbocycles. The molecule has 148 valence electrons. The van der Waals surface area contributed by atoms with Crippen LogP contribution in [0.1, 0.15) is 47.3 Å². The third-order valence-corrected chi connectivity index (χ3v) is 5.72. The van der Waals surface area contributed by atoms with Crippen molar-refractivity contribution in [2.75, 3.05) is 31.1 Å². The number of nitrogens with zero attached hydrogens (tertiary/aromatic N) is 3. The minimum atomic E-state index is 0.0570. The molecule has 3 heterocycles. The van der Waals surface area contributed by atoms with Gasteiger partial charge in [-0.25, -0.2) is 0 Å². The number of hydrogen-bond acceptors (Lipinski definition) is 4. The zero-order chi connectivity index (χ0) is 19.3. The van der Waals surface area contributed by atoms with Crippen molar-refractivity contribution in [3.63, 3.8) is 0 Å². The van der Waals surface area contributed by atoms with Gasteiger partial charge in [-0.2, -0.15) is 0 Å². The molecule has 2 saturated heterocycles. The molecule has 0 spiro atoms. The van der Waals surface area contributed by atoms with Gasteiger partial charge >= 0.3 is 0 Å². The predicted molar refractivity (Wildman–Crippen MR) is 111 cm³/mol. The third kappa shape index (κ3) is 4.36. The Balaban J connectivity index is 1.57. The summed E-state index contributed by atoms with van der Waals surface area (Å²) in [6, 6.07) is 11.9. The number of carbonyl (C=O) groups is 1. The van der Waals surface area contributed by atoms with E-state index in [2.05, 4.69) is 28.9 Å². The van der Waals surface area contributed by atoms with E-state index >= 15 is 0 Å². The number of benzene rings is 1. The molecule has 5 nitrogen and oxygen atoms in total. The second kappa shape index (κ2) is 8.74. The average molecular weight is 380 g/mol. The number of ether oxygens (including phenoxy) is 1. The Bertz CT molecular complexity index is 797. The van der Waals surface area contributed by atoms with Crippen molar-refractivity contribution in [2.24, 2.45) is 0 Å². The fourth-order valence-electron chi connectivity index (χ4n) is 4.16. The van der Waals surface area contributed by atoms with Crippen LogP contribution >= 0.6 is 0 Å². The van der Waals surface area contributed by atoms with Gasteiger partial charge < -0.3 is 14.5 Å². The van der Waals surface area contributed by atoms with Crippen LogP contribution in [0.3, 0.4) is 0 Å². The number of aromatic nitrogens is 1. The molecule has 5 heteroatoms. The average Bonchev–Trinajstić information content (AvgIpc) is 3.42. The molecule has 4 rings (SSSR count). The zero-order valence-corrected chi connectivity index (χ0v) is 16.6. The highest BCUT2D eigenvalue weighted by atomic mass is 16.5. The minimum Gasteiger partial charge on any atom is -0.376 e. The maximum absolute atomic E-state index is 13.4.